The van der Waals surface area contributed by atoms with Crippen molar-refractivity contribution in [2.75, 3.05) is 13.4 Å². The average molecular weight is 309 g/mol. The van der Waals surface area contributed by atoms with Gasteiger partial charge in [0.15, 0.2) is 21.3 Å². The zero-order valence-corrected chi connectivity index (χ0v) is 12.4. The number of aliphatic hydroxyl groups excluding tert-OH is 1. The van der Waals surface area contributed by atoms with Crippen molar-refractivity contribution in [1.82, 2.24) is 4.98 Å². The van der Waals surface area contributed by atoms with Crippen LogP contribution in [0, 0.1) is 0 Å². The second kappa shape index (κ2) is 6.11. The predicted octanol–water partition coefficient (Wildman–Crippen LogP) is 1.78. The molecule has 2 aromatic rings. The van der Waals surface area contributed by atoms with E-state index in [-0.39, 0.29) is 17.4 Å². The summed E-state index contributed by atoms with van der Waals surface area (Å²) in [5, 5.41) is 9.10. The van der Waals surface area contributed by atoms with Crippen LogP contribution >= 0.6 is 0 Å². The smallest absolute Gasteiger partial charge is 0.238 e. The van der Waals surface area contributed by atoms with E-state index in [0.29, 0.717) is 17.1 Å². The number of hydrogen-bond acceptors (Lipinski definition) is 6. The van der Waals surface area contributed by atoms with Gasteiger partial charge in [-0.15, -0.1) is 0 Å². The molecule has 0 saturated heterocycles. The molecule has 0 radical (unpaired) electrons. The topological polar surface area (TPSA) is 85.7 Å². The fourth-order valence-corrected chi connectivity index (χ4v) is 2.47. The summed E-state index contributed by atoms with van der Waals surface area (Å²) in [4.78, 5) is 3.95. The monoisotopic (exact) mass is 309 g/mol. The van der Waals surface area contributed by atoms with E-state index in [0.717, 1.165) is 6.26 Å². The van der Waals surface area contributed by atoms with Crippen LogP contribution in [-0.4, -0.2) is 31.9 Å². The molecule has 0 unspecified atom stereocenters. The molecule has 21 heavy (non-hydrogen) atoms. The van der Waals surface area contributed by atoms with E-state index in [4.69, 9.17) is 14.6 Å². The molecule has 0 amide bonds. The van der Waals surface area contributed by atoms with Gasteiger partial charge in [-0.05, 0) is 29.8 Å². The molecule has 0 saturated carbocycles. The molecule has 6 nitrogen and oxygen atoms in total. The zero-order valence-electron chi connectivity index (χ0n) is 11.6. The number of pyridine rings is 1. The van der Waals surface area contributed by atoms with E-state index < -0.39 is 9.84 Å². The van der Waals surface area contributed by atoms with Crippen LogP contribution in [-0.2, 0) is 16.4 Å². The lowest BCUT2D eigenvalue weighted by molar-refractivity contribution is 0.280. The third-order valence-corrected chi connectivity index (χ3v) is 3.86. The fourth-order valence-electron chi connectivity index (χ4n) is 1.73. The number of hydrogen-bond donors (Lipinski definition) is 1. The molecule has 0 bridgehead atoms. The summed E-state index contributed by atoms with van der Waals surface area (Å²) in [5.41, 5.74) is 0.656. The Kier molecular flexibility index (Phi) is 4.44. The van der Waals surface area contributed by atoms with Crippen LogP contribution in [0.4, 0.5) is 0 Å². The number of rotatable bonds is 5. The van der Waals surface area contributed by atoms with Crippen LogP contribution in [0.3, 0.4) is 0 Å². The number of ether oxygens (including phenoxy) is 2. The van der Waals surface area contributed by atoms with E-state index in [1.165, 1.54) is 25.4 Å². The van der Waals surface area contributed by atoms with Gasteiger partial charge in [0.25, 0.3) is 0 Å². The SMILES string of the molecule is COc1cc(CO)ccc1Oc1ncccc1S(C)(=O)=O. The Morgan fingerprint density at radius 1 is 1.24 bits per heavy atom. The molecule has 0 spiro atoms. The largest absolute Gasteiger partial charge is 0.493 e. The standard InChI is InChI=1S/C14H15NO5S/c1-19-12-8-10(9-16)5-6-11(12)20-14-13(21(2,17)18)4-3-7-15-14/h3-8,16H,9H2,1-2H3. The first-order valence-corrected chi connectivity index (χ1v) is 7.95. The van der Waals surface area contributed by atoms with Crippen molar-refractivity contribution in [2.45, 2.75) is 11.5 Å². The molecule has 1 heterocycles. The molecule has 0 aliphatic carbocycles. The van der Waals surface area contributed by atoms with Crippen molar-refractivity contribution in [3.05, 3.63) is 42.1 Å². The van der Waals surface area contributed by atoms with Crippen LogP contribution in [0.15, 0.2) is 41.4 Å². The third-order valence-electron chi connectivity index (χ3n) is 2.75. The number of methoxy groups -OCH3 is 1. The van der Waals surface area contributed by atoms with Gasteiger partial charge in [-0.2, -0.15) is 0 Å². The summed E-state index contributed by atoms with van der Waals surface area (Å²) >= 11 is 0. The van der Waals surface area contributed by atoms with E-state index >= 15 is 0 Å². The number of benzene rings is 1. The van der Waals surface area contributed by atoms with Crippen LogP contribution in [0.5, 0.6) is 17.4 Å². The average Bonchev–Trinajstić information content (AvgIpc) is 2.47. The zero-order chi connectivity index (χ0) is 15.5. The molecule has 0 aliphatic rings. The van der Waals surface area contributed by atoms with Crippen molar-refractivity contribution in [3.63, 3.8) is 0 Å². The van der Waals surface area contributed by atoms with Gasteiger partial charge >= 0.3 is 0 Å². The lowest BCUT2D eigenvalue weighted by Gasteiger charge is -2.12. The first-order chi connectivity index (χ1) is 9.95. The Labute approximate surface area is 122 Å². The molecule has 1 aromatic heterocycles. The van der Waals surface area contributed by atoms with Crippen LogP contribution in [0.25, 0.3) is 0 Å². The van der Waals surface area contributed by atoms with Crippen LogP contribution in [0.1, 0.15) is 5.56 Å². The van der Waals surface area contributed by atoms with Gasteiger partial charge in [-0.1, -0.05) is 6.07 Å². The highest BCUT2D eigenvalue weighted by molar-refractivity contribution is 7.90. The molecule has 1 N–H and O–H groups in total. The van der Waals surface area contributed by atoms with E-state index in [9.17, 15) is 8.42 Å². The van der Waals surface area contributed by atoms with E-state index in [1.807, 2.05) is 0 Å². The highest BCUT2D eigenvalue weighted by Gasteiger charge is 2.17. The van der Waals surface area contributed by atoms with Crippen molar-refractivity contribution in [1.29, 1.82) is 0 Å². The molecule has 1 aromatic carbocycles. The third kappa shape index (κ3) is 3.50. The Bertz CT molecular complexity index is 743. The lowest BCUT2D eigenvalue weighted by Crippen LogP contribution is -2.02. The minimum atomic E-state index is -3.45. The van der Waals surface area contributed by atoms with Crippen LogP contribution < -0.4 is 9.47 Å². The van der Waals surface area contributed by atoms with Gasteiger partial charge in [-0.3, -0.25) is 0 Å². The first kappa shape index (κ1) is 15.3. The molecule has 0 aliphatic heterocycles. The summed E-state index contributed by atoms with van der Waals surface area (Å²) in [6, 6.07) is 7.80. The number of nitrogens with zero attached hydrogens (tertiary/aromatic N) is 1. The fraction of sp³-hybridized carbons (Fsp3) is 0.214. The molecule has 0 atom stereocenters. The highest BCUT2D eigenvalue weighted by Crippen LogP contribution is 2.33. The first-order valence-electron chi connectivity index (χ1n) is 6.06. The minimum Gasteiger partial charge on any atom is -0.493 e. The second-order valence-corrected chi connectivity index (χ2v) is 6.31. The summed E-state index contributed by atoms with van der Waals surface area (Å²) < 4.78 is 34.2. The molecular formula is C14H15NO5S. The van der Waals surface area contributed by atoms with Gasteiger partial charge in [-0.25, -0.2) is 13.4 Å². The Hall–Kier alpha value is -2.12. The Morgan fingerprint density at radius 2 is 2.00 bits per heavy atom. The molecule has 7 heteroatoms. The van der Waals surface area contributed by atoms with Gasteiger partial charge in [0.1, 0.15) is 4.90 Å². The molecular weight excluding hydrogens is 294 g/mol. The van der Waals surface area contributed by atoms with E-state index in [1.54, 1.807) is 18.2 Å². The Balaban J connectivity index is 2.44. The quantitative estimate of drug-likeness (QED) is 0.906. The molecule has 112 valence electrons. The van der Waals surface area contributed by atoms with Crippen molar-refractivity contribution < 1.29 is 23.0 Å². The maximum absolute atomic E-state index is 11.7. The maximum Gasteiger partial charge on any atom is 0.238 e. The molecule has 0 fully saturated rings. The minimum absolute atomic E-state index is 0.00159. The number of aliphatic hydroxyl groups is 1. The summed E-state index contributed by atoms with van der Waals surface area (Å²) in [6.45, 7) is -0.130. The lowest BCUT2D eigenvalue weighted by atomic mass is 10.2. The maximum atomic E-state index is 11.7. The Morgan fingerprint density at radius 3 is 2.62 bits per heavy atom. The summed E-state index contributed by atoms with van der Waals surface area (Å²) in [6.07, 6.45) is 2.53. The second-order valence-electron chi connectivity index (χ2n) is 4.32. The van der Waals surface area contributed by atoms with Crippen molar-refractivity contribution in [2.24, 2.45) is 0 Å². The normalized spacial score (nSPS) is 11.2. The van der Waals surface area contributed by atoms with Gasteiger partial charge in [0.2, 0.25) is 5.88 Å². The summed E-state index contributed by atoms with van der Waals surface area (Å²) in [5.74, 6) is 0.681. The van der Waals surface area contributed by atoms with Crippen molar-refractivity contribution in [3.8, 4) is 17.4 Å². The van der Waals surface area contributed by atoms with Gasteiger partial charge < -0.3 is 14.6 Å². The molecule has 2 rings (SSSR count). The van der Waals surface area contributed by atoms with Gasteiger partial charge in [0.05, 0.1) is 13.7 Å². The van der Waals surface area contributed by atoms with E-state index in [2.05, 4.69) is 4.98 Å². The number of sulfone groups is 1. The highest BCUT2D eigenvalue weighted by atomic mass is 32.2. The summed E-state index contributed by atoms with van der Waals surface area (Å²) in [7, 11) is -2.00. The predicted molar refractivity (Wildman–Crippen MR) is 76.3 cm³/mol. The number of aromatic nitrogens is 1. The van der Waals surface area contributed by atoms with Gasteiger partial charge in [0, 0.05) is 12.5 Å². The van der Waals surface area contributed by atoms with Crippen LogP contribution in [0.2, 0.25) is 0 Å². The van der Waals surface area contributed by atoms with Crippen molar-refractivity contribution >= 4 is 9.84 Å².